The summed E-state index contributed by atoms with van der Waals surface area (Å²) in [4.78, 5) is 10.8. The second kappa shape index (κ2) is 5.90. The number of nitrogens with zero attached hydrogens (tertiary/aromatic N) is 3. The van der Waals surface area contributed by atoms with Crippen LogP contribution in [-0.2, 0) is 0 Å². The molecule has 4 nitrogen and oxygen atoms in total. The number of aryl methyl sites for hydroxylation is 1. The number of pyridine rings is 2. The minimum absolute atomic E-state index is 0.539. The van der Waals surface area contributed by atoms with Gasteiger partial charge in [0.15, 0.2) is 0 Å². The maximum Gasteiger partial charge on any atom is 0.0529 e. The van der Waals surface area contributed by atoms with Crippen LogP contribution in [0.1, 0.15) is 18.5 Å². The largest absolute Gasteiger partial charge is 0.381 e. The lowest BCUT2D eigenvalue weighted by Gasteiger charge is -2.34. The van der Waals surface area contributed by atoms with E-state index < -0.39 is 0 Å². The molecular weight excluding hydrogens is 248 g/mol. The molecule has 1 aliphatic rings. The smallest absolute Gasteiger partial charge is 0.0529 e. The van der Waals surface area contributed by atoms with E-state index in [1.54, 1.807) is 0 Å². The van der Waals surface area contributed by atoms with Crippen LogP contribution in [0.3, 0.4) is 0 Å². The predicted molar refractivity (Wildman–Crippen MR) is 82.1 cm³/mol. The van der Waals surface area contributed by atoms with Gasteiger partial charge in [0, 0.05) is 42.9 Å². The van der Waals surface area contributed by atoms with Crippen LogP contribution in [0.25, 0.3) is 0 Å². The number of anilines is 2. The molecule has 0 spiro atoms. The second-order valence-electron chi connectivity index (χ2n) is 5.30. The highest BCUT2D eigenvalue weighted by Crippen LogP contribution is 2.21. The van der Waals surface area contributed by atoms with Crippen molar-refractivity contribution in [1.82, 2.24) is 9.97 Å². The van der Waals surface area contributed by atoms with Gasteiger partial charge in [0.1, 0.15) is 0 Å². The Hall–Kier alpha value is -2.10. The molecule has 1 N–H and O–H groups in total. The molecule has 3 rings (SSSR count). The topological polar surface area (TPSA) is 41.0 Å². The lowest BCUT2D eigenvalue weighted by Crippen LogP contribution is -2.39. The van der Waals surface area contributed by atoms with E-state index in [0.29, 0.717) is 6.04 Å². The first-order valence-electron chi connectivity index (χ1n) is 7.15. The van der Waals surface area contributed by atoms with Crippen molar-refractivity contribution in [3.05, 3.63) is 48.5 Å². The average Bonchev–Trinajstić information content (AvgIpc) is 2.51. The summed E-state index contributed by atoms with van der Waals surface area (Å²) in [5.41, 5.74) is 3.46. The molecule has 0 aromatic carbocycles. The summed E-state index contributed by atoms with van der Waals surface area (Å²) in [6, 6.07) is 8.86. The van der Waals surface area contributed by atoms with E-state index >= 15 is 0 Å². The van der Waals surface area contributed by atoms with Crippen molar-refractivity contribution in [2.75, 3.05) is 23.3 Å². The zero-order chi connectivity index (χ0) is 13.8. The molecule has 0 amide bonds. The van der Waals surface area contributed by atoms with Crippen LogP contribution in [0.15, 0.2) is 42.9 Å². The molecule has 0 bridgehead atoms. The lowest BCUT2D eigenvalue weighted by atomic mass is 10.0. The highest BCUT2D eigenvalue weighted by molar-refractivity contribution is 5.46. The van der Waals surface area contributed by atoms with E-state index in [9.17, 15) is 0 Å². The fourth-order valence-corrected chi connectivity index (χ4v) is 2.63. The quantitative estimate of drug-likeness (QED) is 0.929. The van der Waals surface area contributed by atoms with Crippen molar-refractivity contribution in [3.63, 3.8) is 0 Å². The molecule has 0 saturated carbocycles. The zero-order valence-electron chi connectivity index (χ0n) is 11.8. The Bertz CT molecular complexity index is 530. The van der Waals surface area contributed by atoms with Crippen molar-refractivity contribution >= 4 is 11.4 Å². The van der Waals surface area contributed by atoms with Crippen LogP contribution in [0.5, 0.6) is 0 Å². The van der Waals surface area contributed by atoms with E-state index in [1.165, 1.54) is 5.69 Å². The van der Waals surface area contributed by atoms with Gasteiger partial charge >= 0.3 is 0 Å². The van der Waals surface area contributed by atoms with Gasteiger partial charge in [0.25, 0.3) is 0 Å². The predicted octanol–water partition coefficient (Wildman–Crippen LogP) is 2.87. The van der Waals surface area contributed by atoms with E-state index in [-0.39, 0.29) is 0 Å². The normalized spacial score (nSPS) is 16.1. The van der Waals surface area contributed by atoms with Crippen LogP contribution in [-0.4, -0.2) is 29.1 Å². The molecule has 0 radical (unpaired) electrons. The van der Waals surface area contributed by atoms with Crippen LogP contribution in [0, 0.1) is 6.92 Å². The molecule has 1 aliphatic heterocycles. The van der Waals surface area contributed by atoms with E-state index in [0.717, 1.165) is 37.3 Å². The summed E-state index contributed by atoms with van der Waals surface area (Å²) < 4.78 is 0. The number of aromatic nitrogens is 2. The first kappa shape index (κ1) is 12.9. The minimum atomic E-state index is 0.539. The van der Waals surface area contributed by atoms with Gasteiger partial charge in [-0.3, -0.25) is 9.97 Å². The maximum atomic E-state index is 4.33. The number of hydrogen-bond acceptors (Lipinski definition) is 4. The fourth-order valence-electron chi connectivity index (χ4n) is 2.63. The van der Waals surface area contributed by atoms with Crippen molar-refractivity contribution in [2.45, 2.75) is 25.8 Å². The minimum Gasteiger partial charge on any atom is -0.381 e. The highest BCUT2D eigenvalue weighted by Gasteiger charge is 2.19. The number of rotatable bonds is 3. The van der Waals surface area contributed by atoms with E-state index in [1.807, 2.05) is 25.5 Å². The van der Waals surface area contributed by atoms with Crippen molar-refractivity contribution in [3.8, 4) is 0 Å². The monoisotopic (exact) mass is 268 g/mol. The molecule has 2 aromatic heterocycles. The van der Waals surface area contributed by atoms with Crippen LogP contribution >= 0.6 is 0 Å². The number of hydrogen-bond donors (Lipinski definition) is 1. The molecule has 20 heavy (non-hydrogen) atoms. The number of piperidine rings is 1. The Kier molecular flexibility index (Phi) is 3.81. The van der Waals surface area contributed by atoms with Crippen LogP contribution in [0.2, 0.25) is 0 Å². The SMILES string of the molecule is Cc1ccc(NC2CCN(c3ccncc3)CC2)cn1. The molecule has 104 valence electrons. The van der Waals surface area contributed by atoms with Gasteiger partial charge in [-0.1, -0.05) is 0 Å². The van der Waals surface area contributed by atoms with Crippen LogP contribution < -0.4 is 10.2 Å². The molecule has 1 saturated heterocycles. The molecule has 2 aromatic rings. The third-order valence-electron chi connectivity index (χ3n) is 3.80. The van der Waals surface area contributed by atoms with Gasteiger partial charge in [-0.2, -0.15) is 0 Å². The van der Waals surface area contributed by atoms with Gasteiger partial charge in [0.2, 0.25) is 0 Å². The molecule has 0 unspecified atom stereocenters. The number of nitrogens with one attached hydrogen (secondary N) is 1. The summed E-state index contributed by atoms with van der Waals surface area (Å²) in [7, 11) is 0. The summed E-state index contributed by atoms with van der Waals surface area (Å²) in [6.07, 6.45) is 7.94. The molecule has 0 atom stereocenters. The molecule has 4 heteroatoms. The maximum absolute atomic E-state index is 4.33. The Balaban J connectivity index is 1.55. The molecule has 1 fully saturated rings. The zero-order valence-corrected chi connectivity index (χ0v) is 11.8. The fraction of sp³-hybridized carbons (Fsp3) is 0.375. The summed E-state index contributed by atoms with van der Waals surface area (Å²) in [6.45, 7) is 4.18. The third-order valence-corrected chi connectivity index (χ3v) is 3.80. The van der Waals surface area contributed by atoms with Crippen LogP contribution in [0.4, 0.5) is 11.4 Å². The van der Waals surface area contributed by atoms with Crippen molar-refractivity contribution in [1.29, 1.82) is 0 Å². The van der Waals surface area contributed by atoms with Gasteiger partial charge in [-0.25, -0.2) is 0 Å². The Labute approximate surface area is 119 Å². The Morgan fingerprint density at radius 3 is 2.50 bits per heavy atom. The Morgan fingerprint density at radius 2 is 1.85 bits per heavy atom. The third kappa shape index (κ3) is 3.07. The second-order valence-corrected chi connectivity index (χ2v) is 5.30. The van der Waals surface area contributed by atoms with E-state index in [4.69, 9.17) is 0 Å². The standard InChI is InChI=1S/C16H20N4/c1-13-2-3-15(12-18-13)19-14-6-10-20(11-7-14)16-4-8-17-9-5-16/h2-5,8-9,12,14,19H,6-7,10-11H2,1H3. The molecular formula is C16H20N4. The summed E-state index contributed by atoms with van der Waals surface area (Å²) in [5.74, 6) is 0. The van der Waals surface area contributed by atoms with Gasteiger partial charge in [-0.05, 0) is 44.0 Å². The van der Waals surface area contributed by atoms with Gasteiger partial charge in [-0.15, -0.1) is 0 Å². The first-order chi connectivity index (χ1) is 9.81. The average molecular weight is 268 g/mol. The lowest BCUT2D eigenvalue weighted by molar-refractivity contribution is 0.526. The van der Waals surface area contributed by atoms with E-state index in [2.05, 4.69) is 44.5 Å². The molecule has 0 aliphatic carbocycles. The summed E-state index contributed by atoms with van der Waals surface area (Å²) in [5, 5.41) is 3.58. The van der Waals surface area contributed by atoms with Gasteiger partial charge in [0.05, 0.1) is 11.9 Å². The first-order valence-corrected chi connectivity index (χ1v) is 7.15. The Morgan fingerprint density at radius 1 is 1.10 bits per heavy atom. The highest BCUT2D eigenvalue weighted by atomic mass is 15.1. The molecule has 3 heterocycles. The summed E-state index contributed by atoms with van der Waals surface area (Å²) >= 11 is 0. The van der Waals surface area contributed by atoms with Crippen molar-refractivity contribution < 1.29 is 0 Å². The van der Waals surface area contributed by atoms with Gasteiger partial charge < -0.3 is 10.2 Å². The van der Waals surface area contributed by atoms with Crippen molar-refractivity contribution in [2.24, 2.45) is 0 Å².